The van der Waals surface area contributed by atoms with E-state index in [1.54, 1.807) is 0 Å². The Morgan fingerprint density at radius 2 is 2.10 bits per heavy atom. The highest BCUT2D eigenvalue weighted by Gasteiger charge is 2.24. The molecule has 1 aliphatic heterocycles. The van der Waals surface area contributed by atoms with Crippen LogP contribution in [0.15, 0.2) is 0 Å². The van der Waals surface area contributed by atoms with E-state index in [2.05, 4.69) is 0 Å². The number of rotatable bonds is 1. The highest BCUT2D eigenvalue weighted by atomic mass is 19.3. The van der Waals surface area contributed by atoms with Gasteiger partial charge in [-0.05, 0) is 12.8 Å². The highest BCUT2D eigenvalue weighted by molar-refractivity contribution is 5.76. The Kier molecular flexibility index (Phi) is 2.19. The SMILES string of the molecule is O=C1CCCCN1C(F)F. The molecule has 0 radical (unpaired) electrons. The second-order valence-corrected chi connectivity index (χ2v) is 2.32. The molecule has 10 heavy (non-hydrogen) atoms. The van der Waals surface area contributed by atoms with Crippen molar-refractivity contribution >= 4 is 5.91 Å². The number of carbonyl (C=O) groups excluding carboxylic acids is 1. The van der Waals surface area contributed by atoms with Gasteiger partial charge in [-0.3, -0.25) is 9.69 Å². The Morgan fingerprint density at radius 3 is 2.50 bits per heavy atom. The van der Waals surface area contributed by atoms with Crippen molar-refractivity contribution in [3.63, 3.8) is 0 Å². The lowest BCUT2D eigenvalue weighted by molar-refractivity contribution is -0.147. The molecule has 0 atom stereocenters. The van der Waals surface area contributed by atoms with Crippen LogP contribution in [0.4, 0.5) is 8.78 Å². The van der Waals surface area contributed by atoms with Crippen LogP contribution in [0.1, 0.15) is 19.3 Å². The first-order chi connectivity index (χ1) is 4.72. The molecule has 0 unspecified atom stereocenters. The number of hydrogen-bond acceptors (Lipinski definition) is 1. The van der Waals surface area contributed by atoms with Gasteiger partial charge < -0.3 is 0 Å². The molecule has 0 spiro atoms. The van der Waals surface area contributed by atoms with Crippen LogP contribution in [-0.2, 0) is 4.79 Å². The lowest BCUT2D eigenvalue weighted by atomic mass is 10.1. The molecule has 0 N–H and O–H groups in total. The Morgan fingerprint density at radius 1 is 1.40 bits per heavy atom. The average Bonchev–Trinajstić information content (AvgIpc) is 1.88. The van der Waals surface area contributed by atoms with E-state index in [4.69, 9.17) is 0 Å². The van der Waals surface area contributed by atoms with Crippen molar-refractivity contribution in [3.8, 4) is 0 Å². The van der Waals surface area contributed by atoms with Crippen LogP contribution in [0.25, 0.3) is 0 Å². The number of alkyl halides is 2. The topological polar surface area (TPSA) is 20.3 Å². The molecule has 1 fully saturated rings. The first-order valence-corrected chi connectivity index (χ1v) is 3.29. The number of halogens is 2. The predicted molar refractivity (Wildman–Crippen MR) is 31.6 cm³/mol. The maximum Gasteiger partial charge on any atom is 0.317 e. The zero-order chi connectivity index (χ0) is 7.56. The van der Waals surface area contributed by atoms with Gasteiger partial charge in [0.1, 0.15) is 0 Å². The summed E-state index contributed by atoms with van der Waals surface area (Å²) in [4.78, 5) is 11.3. The maximum absolute atomic E-state index is 11.9. The Bertz CT molecular complexity index is 138. The minimum atomic E-state index is -2.60. The molecule has 0 bridgehead atoms. The van der Waals surface area contributed by atoms with E-state index in [1.807, 2.05) is 0 Å². The van der Waals surface area contributed by atoms with E-state index >= 15 is 0 Å². The van der Waals surface area contributed by atoms with Crippen LogP contribution in [0.3, 0.4) is 0 Å². The minimum absolute atomic E-state index is 0.219. The van der Waals surface area contributed by atoms with Crippen LogP contribution < -0.4 is 0 Å². The molecular formula is C6H9F2NO. The Labute approximate surface area is 57.8 Å². The second kappa shape index (κ2) is 2.94. The summed E-state index contributed by atoms with van der Waals surface area (Å²) >= 11 is 0. The van der Waals surface area contributed by atoms with Gasteiger partial charge in [-0.15, -0.1) is 0 Å². The van der Waals surface area contributed by atoms with Gasteiger partial charge >= 0.3 is 6.55 Å². The molecule has 0 aliphatic carbocycles. The fourth-order valence-electron chi connectivity index (χ4n) is 1.03. The average molecular weight is 149 g/mol. The Hall–Kier alpha value is -0.670. The minimum Gasteiger partial charge on any atom is -0.286 e. The van der Waals surface area contributed by atoms with E-state index in [1.165, 1.54) is 0 Å². The summed E-state index contributed by atoms with van der Waals surface area (Å²) in [6, 6.07) is 0. The quantitative estimate of drug-likeness (QED) is 0.513. The van der Waals surface area contributed by atoms with Crippen LogP contribution in [-0.4, -0.2) is 23.9 Å². The first kappa shape index (κ1) is 7.44. The zero-order valence-corrected chi connectivity index (χ0v) is 5.52. The van der Waals surface area contributed by atoms with Crippen molar-refractivity contribution in [2.24, 2.45) is 0 Å². The van der Waals surface area contributed by atoms with Crippen molar-refractivity contribution in [1.82, 2.24) is 4.90 Å². The molecule has 0 aromatic carbocycles. The van der Waals surface area contributed by atoms with Gasteiger partial charge in [0.25, 0.3) is 0 Å². The second-order valence-electron chi connectivity index (χ2n) is 2.32. The molecule has 1 saturated heterocycles. The standard InChI is InChI=1S/C6H9F2NO/c7-6(8)9-4-2-1-3-5(9)10/h6H,1-4H2. The molecule has 1 aliphatic rings. The van der Waals surface area contributed by atoms with Gasteiger partial charge in [0.05, 0.1) is 0 Å². The fraction of sp³-hybridized carbons (Fsp3) is 0.833. The summed E-state index contributed by atoms with van der Waals surface area (Å²) in [6.45, 7) is -2.39. The number of piperidine rings is 1. The van der Waals surface area contributed by atoms with Crippen LogP contribution in [0.5, 0.6) is 0 Å². The van der Waals surface area contributed by atoms with E-state index < -0.39 is 12.5 Å². The molecule has 0 saturated carbocycles. The van der Waals surface area contributed by atoms with E-state index in [0.717, 1.165) is 6.42 Å². The highest BCUT2D eigenvalue weighted by Crippen LogP contribution is 2.14. The van der Waals surface area contributed by atoms with Gasteiger partial charge in [0, 0.05) is 13.0 Å². The van der Waals surface area contributed by atoms with Crippen molar-refractivity contribution in [3.05, 3.63) is 0 Å². The molecule has 1 amide bonds. The summed E-state index contributed by atoms with van der Waals surface area (Å²) in [7, 11) is 0. The van der Waals surface area contributed by atoms with Gasteiger partial charge in [0.2, 0.25) is 5.91 Å². The number of likely N-dealkylation sites (tertiary alicyclic amines) is 1. The molecule has 0 aromatic heterocycles. The lowest BCUT2D eigenvalue weighted by Gasteiger charge is -2.25. The zero-order valence-electron chi connectivity index (χ0n) is 5.52. The lowest BCUT2D eigenvalue weighted by Crippen LogP contribution is -2.38. The molecule has 0 aromatic rings. The Balaban J connectivity index is 2.48. The van der Waals surface area contributed by atoms with E-state index in [-0.39, 0.29) is 13.0 Å². The molecule has 1 heterocycles. The predicted octanol–water partition coefficient (Wildman–Crippen LogP) is 1.22. The third kappa shape index (κ3) is 1.43. The molecular weight excluding hydrogens is 140 g/mol. The van der Waals surface area contributed by atoms with Gasteiger partial charge in [0.15, 0.2) is 0 Å². The van der Waals surface area contributed by atoms with Crippen molar-refractivity contribution in [2.75, 3.05) is 6.54 Å². The van der Waals surface area contributed by atoms with Crippen LogP contribution in [0.2, 0.25) is 0 Å². The van der Waals surface area contributed by atoms with Crippen LogP contribution >= 0.6 is 0 Å². The van der Waals surface area contributed by atoms with Crippen molar-refractivity contribution in [2.45, 2.75) is 25.8 Å². The van der Waals surface area contributed by atoms with Crippen LogP contribution in [0, 0.1) is 0 Å². The summed E-state index contributed by atoms with van der Waals surface area (Å²) < 4.78 is 23.8. The van der Waals surface area contributed by atoms with Gasteiger partial charge in [-0.1, -0.05) is 0 Å². The van der Waals surface area contributed by atoms with Crippen molar-refractivity contribution in [1.29, 1.82) is 0 Å². The molecule has 58 valence electrons. The number of hydrogen-bond donors (Lipinski definition) is 0. The van der Waals surface area contributed by atoms with E-state index in [0.29, 0.717) is 11.3 Å². The third-order valence-electron chi connectivity index (χ3n) is 1.60. The largest absolute Gasteiger partial charge is 0.317 e. The third-order valence-corrected chi connectivity index (χ3v) is 1.60. The first-order valence-electron chi connectivity index (χ1n) is 3.29. The summed E-state index contributed by atoms with van der Waals surface area (Å²) in [5, 5.41) is 0. The summed E-state index contributed by atoms with van der Waals surface area (Å²) in [6.07, 6.45) is 1.74. The monoisotopic (exact) mass is 149 g/mol. The van der Waals surface area contributed by atoms with Gasteiger partial charge in [-0.2, -0.15) is 8.78 Å². The smallest absolute Gasteiger partial charge is 0.286 e. The number of nitrogens with zero attached hydrogens (tertiary/aromatic N) is 1. The van der Waals surface area contributed by atoms with Gasteiger partial charge in [-0.25, -0.2) is 0 Å². The molecule has 4 heteroatoms. The van der Waals surface area contributed by atoms with Crippen molar-refractivity contribution < 1.29 is 13.6 Å². The van der Waals surface area contributed by atoms with E-state index in [9.17, 15) is 13.6 Å². The summed E-state index contributed by atoms with van der Waals surface area (Å²) in [5.74, 6) is -0.416. The normalized spacial score (nSPS) is 20.3. The maximum atomic E-state index is 11.9. The fourth-order valence-corrected chi connectivity index (χ4v) is 1.03. The number of carbonyl (C=O) groups is 1. The summed E-state index contributed by atoms with van der Waals surface area (Å²) in [5.41, 5.74) is 0. The number of amides is 1. The molecule has 2 nitrogen and oxygen atoms in total. The molecule has 1 rings (SSSR count).